The van der Waals surface area contributed by atoms with Crippen molar-refractivity contribution in [3.8, 4) is 5.69 Å². The van der Waals surface area contributed by atoms with E-state index < -0.39 is 0 Å². The molecular formula is C21H21N3O. The molecule has 0 atom stereocenters. The largest absolute Gasteiger partial charge is 0.347 e. The van der Waals surface area contributed by atoms with Crippen LogP contribution in [0.15, 0.2) is 54.6 Å². The molecular weight excluding hydrogens is 310 g/mol. The summed E-state index contributed by atoms with van der Waals surface area (Å²) in [6.07, 6.45) is 2.98. The number of hydrogen-bond donors (Lipinski definition) is 1. The molecule has 0 aliphatic heterocycles. The monoisotopic (exact) mass is 331 g/mol. The van der Waals surface area contributed by atoms with Crippen LogP contribution in [0.1, 0.15) is 39.3 Å². The van der Waals surface area contributed by atoms with Crippen molar-refractivity contribution in [3.63, 3.8) is 0 Å². The highest BCUT2D eigenvalue weighted by Crippen LogP contribution is 2.27. The van der Waals surface area contributed by atoms with Gasteiger partial charge in [0.25, 0.3) is 5.91 Å². The van der Waals surface area contributed by atoms with E-state index in [4.69, 9.17) is 0 Å². The molecule has 1 aromatic heterocycles. The van der Waals surface area contributed by atoms with Crippen LogP contribution in [0.2, 0.25) is 0 Å². The Hall–Kier alpha value is -2.88. The van der Waals surface area contributed by atoms with Crippen LogP contribution in [0, 0.1) is 6.92 Å². The van der Waals surface area contributed by atoms with Gasteiger partial charge >= 0.3 is 0 Å². The number of nitrogens with one attached hydrogen (secondary N) is 1. The third kappa shape index (κ3) is 2.95. The van der Waals surface area contributed by atoms with Gasteiger partial charge in [-0.1, -0.05) is 42.5 Å². The second-order valence-electron chi connectivity index (χ2n) is 6.48. The molecule has 0 saturated heterocycles. The van der Waals surface area contributed by atoms with Gasteiger partial charge in [-0.3, -0.25) is 4.79 Å². The summed E-state index contributed by atoms with van der Waals surface area (Å²) >= 11 is 0. The van der Waals surface area contributed by atoms with Crippen molar-refractivity contribution in [3.05, 3.63) is 82.7 Å². The Balaban J connectivity index is 1.60. The molecule has 1 heterocycles. The summed E-state index contributed by atoms with van der Waals surface area (Å²) in [6.45, 7) is 2.59. The van der Waals surface area contributed by atoms with Gasteiger partial charge in [-0.05, 0) is 49.4 Å². The van der Waals surface area contributed by atoms with Gasteiger partial charge in [-0.2, -0.15) is 5.10 Å². The van der Waals surface area contributed by atoms with Crippen molar-refractivity contribution >= 4 is 5.91 Å². The van der Waals surface area contributed by atoms with E-state index in [-0.39, 0.29) is 5.91 Å². The van der Waals surface area contributed by atoms with Gasteiger partial charge in [0.1, 0.15) is 0 Å². The Labute approximate surface area is 147 Å². The number of carbonyl (C=O) groups excluding carboxylic acids is 1. The topological polar surface area (TPSA) is 46.9 Å². The lowest BCUT2D eigenvalue weighted by Gasteiger charge is -2.07. The molecule has 0 unspecified atom stereocenters. The van der Waals surface area contributed by atoms with E-state index in [0.717, 1.165) is 36.1 Å². The molecule has 0 spiro atoms. The zero-order valence-corrected chi connectivity index (χ0v) is 14.3. The van der Waals surface area contributed by atoms with Gasteiger partial charge in [0.05, 0.1) is 5.69 Å². The normalized spacial score (nSPS) is 12.8. The maximum Gasteiger partial charge on any atom is 0.272 e. The van der Waals surface area contributed by atoms with Gasteiger partial charge in [0, 0.05) is 17.8 Å². The molecule has 25 heavy (non-hydrogen) atoms. The molecule has 0 bridgehead atoms. The fourth-order valence-corrected chi connectivity index (χ4v) is 3.47. The van der Waals surface area contributed by atoms with Crippen LogP contribution < -0.4 is 5.32 Å². The highest BCUT2D eigenvalue weighted by atomic mass is 16.1. The van der Waals surface area contributed by atoms with E-state index in [1.807, 2.05) is 53.2 Å². The molecule has 3 aromatic rings. The number of carbonyl (C=O) groups is 1. The summed E-state index contributed by atoms with van der Waals surface area (Å²) in [6, 6.07) is 18.1. The first kappa shape index (κ1) is 15.6. The van der Waals surface area contributed by atoms with Gasteiger partial charge in [0.15, 0.2) is 5.69 Å². The van der Waals surface area contributed by atoms with Gasteiger partial charge in [-0.25, -0.2) is 4.68 Å². The minimum atomic E-state index is -0.0870. The number of hydrogen-bond acceptors (Lipinski definition) is 2. The summed E-state index contributed by atoms with van der Waals surface area (Å²) in [4.78, 5) is 12.7. The summed E-state index contributed by atoms with van der Waals surface area (Å²) < 4.78 is 1.94. The van der Waals surface area contributed by atoms with Crippen LogP contribution in [0.4, 0.5) is 0 Å². The van der Waals surface area contributed by atoms with Crippen LogP contribution >= 0.6 is 0 Å². The van der Waals surface area contributed by atoms with Crippen molar-refractivity contribution < 1.29 is 4.79 Å². The number of fused-ring (bicyclic) bond motifs is 1. The first-order valence-corrected chi connectivity index (χ1v) is 8.73. The zero-order chi connectivity index (χ0) is 17.2. The summed E-state index contributed by atoms with van der Waals surface area (Å²) in [7, 11) is 0. The molecule has 1 aliphatic carbocycles. The van der Waals surface area contributed by atoms with Crippen molar-refractivity contribution in [2.75, 3.05) is 0 Å². The minimum Gasteiger partial charge on any atom is -0.347 e. The average molecular weight is 331 g/mol. The predicted octanol–water partition coefficient (Wildman–Crippen LogP) is 3.60. The molecule has 2 aromatic carbocycles. The highest BCUT2D eigenvalue weighted by Gasteiger charge is 2.26. The molecule has 1 aliphatic rings. The molecule has 0 fully saturated rings. The third-order valence-electron chi connectivity index (χ3n) is 4.85. The lowest BCUT2D eigenvalue weighted by atomic mass is 10.1. The Bertz CT molecular complexity index is 912. The number of aromatic nitrogens is 2. The van der Waals surface area contributed by atoms with Crippen LogP contribution in [-0.4, -0.2) is 15.7 Å². The second kappa shape index (κ2) is 6.55. The molecule has 0 saturated carbocycles. The number of rotatable bonds is 4. The fourth-order valence-electron chi connectivity index (χ4n) is 3.47. The lowest BCUT2D eigenvalue weighted by Crippen LogP contribution is -2.24. The Morgan fingerprint density at radius 1 is 1.08 bits per heavy atom. The molecule has 4 nitrogen and oxygen atoms in total. The van der Waals surface area contributed by atoms with E-state index in [1.165, 1.54) is 11.3 Å². The number of nitrogens with zero attached hydrogens (tertiary/aromatic N) is 2. The first-order chi connectivity index (χ1) is 12.2. The van der Waals surface area contributed by atoms with Gasteiger partial charge in [0.2, 0.25) is 0 Å². The van der Waals surface area contributed by atoms with E-state index in [0.29, 0.717) is 12.2 Å². The van der Waals surface area contributed by atoms with Crippen molar-refractivity contribution in [2.24, 2.45) is 0 Å². The quantitative estimate of drug-likeness (QED) is 0.794. The minimum absolute atomic E-state index is 0.0870. The maximum absolute atomic E-state index is 12.7. The molecule has 4 heteroatoms. The smallest absolute Gasteiger partial charge is 0.272 e. The SMILES string of the molecule is Cc1ccccc1CNC(=O)c1nn(-c2ccccc2)c2c1CCC2. The first-order valence-electron chi connectivity index (χ1n) is 8.73. The second-order valence-corrected chi connectivity index (χ2v) is 6.48. The van der Waals surface area contributed by atoms with Crippen molar-refractivity contribution in [2.45, 2.75) is 32.7 Å². The average Bonchev–Trinajstić information content (AvgIpc) is 3.24. The van der Waals surface area contributed by atoms with E-state index in [1.54, 1.807) is 0 Å². The van der Waals surface area contributed by atoms with Crippen LogP contribution in [0.25, 0.3) is 5.69 Å². The van der Waals surface area contributed by atoms with Crippen LogP contribution in [-0.2, 0) is 19.4 Å². The standard InChI is InChI=1S/C21H21N3O/c1-15-8-5-6-9-16(15)14-22-21(25)20-18-12-7-13-19(18)24(23-20)17-10-3-2-4-11-17/h2-6,8-11H,7,12-14H2,1H3,(H,22,25). The van der Waals surface area contributed by atoms with E-state index in [2.05, 4.69) is 23.4 Å². The fraction of sp³-hybridized carbons (Fsp3) is 0.238. The third-order valence-corrected chi connectivity index (χ3v) is 4.85. The Kier molecular flexibility index (Phi) is 4.10. The molecule has 126 valence electrons. The van der Waals surface area contributed by atoms with Crippen molar-refractivity contribution in [1.82, 2.24) is 15.1 Å². The summed E-state index contributed by atoms with van der Waals surface area (Å²) in [5.41, 5.74) is 6.18. The van der Waals surface area contributed by atoms with Crippen LogP contribution in [0.5, 0.6) is 0 Å². The molecule has 4 rings (SSSR count). The summed E-state index contributed by atoms with van der Waals surface area (Å²) in [5, 5.41) is 7.68. The Morgan fingerprint density at radius 2 is 1.84 bits per heavy atom. The summed E-state index contributed by atoms with van der Waals surface area (Å²) in [5.74, 6) is -0.0870. The van der Waals surface area contributed by atoms with Crippen molar-refractivity contribution in [1.29, 1.82) is 0 Å². The Morgan fingerprint density at radius 3 is 2.64 bits per heavy atom. The van der Waals surface area contributed by atoms with Gasteiger partial charge in [-0.15, -0.1) is 0 Å². The highest BCUT2D eigenvalue weighted by molar-refractivity contribution is 5.94. The molecule has 1 amide bonds. The van der Waals surface area contributed by atoms with E-state index in [9.17, 15) is 4.79 Å². The predicted molar refractivity (Wildman–Crippen MR) is 97.9 cm³/mol. The zero-order valence-electron chi connectivity index (χ0n) is 14.3. The van der Waals surface area contributed by atoms with Crippen LogP contribution in [0.3, 0.4) is 0 Å². The molecule has 0 radical (unpaired) electrons. The number of aryl methyl sites for hydroxylation is 1. The maximum atomic E-state index is 12.7. The number of para-hydroxylation sites is 1. The number of amides is 1. The molecule has 1 N–H and O–H groups in total. The van der Waals surface area contributed by atoms with Gasteiger partial charge < -0.3 is 5.32 Å². The van der Waals surface area contributed by atoms with E-state index >= 15 is 0 Å². The lowest BCUT2D eigenvalue weighted by molar-refractivity contribution is 0.0944. The number of benzene rings is 2.